The van der Waals surface area contributed by atoms with E-state index < -0.39 is 0 Å². The Kier molecular flexibility index (Phi) is 4.19. The molecule has 26 heavy (non-hydrogen) atoms. The zero-order valence-electron chi connectivity index (χ0n) is 13.9. The molecule has 3 aromatic carbocycles. The summed E-state index contributed by atoms with van der Waals surface area (Å²) >= 11 is 0. The number of nitrogens with zero attached hydrogens (tertiary/aromatic N) is 2. The van der Waals surface area contributed by atoms with E-state index in [2.05, 4.69) is 10.4 Å². The molecule has 4 rings (SSSR count). The lowest BCUT2D eigenvalue weighted by Crippen LogP contribution is -2.11. The molecule has 0 fully saturated rings. The first-order valence-corrected chi connectivity index (χ1v) is 8.25. The van der Waals surface area contributed by atoms with Crippen LogP contribution in [-0.4, -0.2) is 15.7 Å². The fourth-order valence-corrected chi connectivity index (χ4v) is 2.85. The van der Waals surface area contributed by atoms with Crippen LogP contribution in [0.5, 0.6) is 0 Å². The van der Waals surface area contributed by atoms with Crippen LogP contribution in [0, 0.1) is 5.82 Å². The third kappa shape index (κ3) is 3.32. The van der Waals surface area contributed by atoms with Crippen LogP contribution >= 0.6 is 0 Å². The first-order valence-electron chi connectivity index (χ1n) is 8.25. The molecule has 1 N–H and O–H groups in total. The van der Waals surface area contributed by atoms with Crippen molar-refractivity contribution in [3.05, 3.63) is 96.1 Å². The number of amides is 1. The molecular weight excluding hydrogens is 329 g/mol. The summed E-state index contributed by atoms with van der Waals surface area (Å²) in [5, 5.41) is 9.11. The molecule has 0 saturated carbocycles. The third-order valence-electron chi connectivity index (χ3n) is 4.19. The molecule has 0 saturated heterocycles. The minimum Gasteiger partial charge on any atom is -0.319 e. The van der Waals surface area contributed by atoms with Gasteiger partial charge in [-0.25, -0.2) is 4.39 Å². The van der Waals surface area contributed by atoms with Gasteiger partial charge in [0.15, 0.2) is 0 Å². The molecule has 1 aromatic heterocycles. The van der Waals surface area contributed by atoms with Crippen molar-refractivity contribution >= 4 is 22.4 Å². The molecule has 0 unspecified atom stereocenters. The summed E-state index contributed by atoms with van der Waals surface area (Å²) in [7, 11) is 0. The van der Waals surface area contributed by atoms with E-state index in [0.717, 1.165) is 10.8 Å². The number of hydrogen-bond acceptors (Lipinski definition) is 2. The van der Waals surface area contributed by atoms with Gasteiger partial charge in [-0.05, 0) is 29.0 Å². The number of nitrogens with one attached hydrogen (secondary N) is 1. The highest BCUT2D eigenvalue weighted by Crippen LogP contribution is 2.17. The van der Waals surface area contributed by atoms with Gasteiger partial charge in [0.05, 0.1) is 18.4 Å². The Morgan fingerprint density at radius 2 is 1.77 bits per heavy atom. The molecule has 0 spiro atoms. The molecule has 4 aromatic rings. The van der Waals surface area contributed by atoms with Gasteiger partial charge in [-0.2, -0.15) is 5.10 Å². The molecule has 4 nitrogen and oxygen atoms in total. The second-order valence-corrected chi connectivity index (χ2v) is 6.03. The fraction of sp³-hybridized carbons (Fsp3) is 0.0476. The van der Waals surface area contributed by atoms with Crippen LogP contribution < -0.4 is 5.32 Å². The smallest absolute Gasteiger partial charge is 0.255 e. The topological polar surface area (TPSA) is 46.9 Å². The van der Waals surface area contributed by atoms with E-state index in [4.69, 9.17) is 0 Å². The van der Waals surface area contributed by atoms with Crippen LogP contribution in [0.15, 0.2) is 79.1 Å². The fourth-order valence-electron chi connectivity index (χ4n) is 2.85. The lowest BCUT2D eigenvalue weighted by molar-refractivity contribution is 0.102. The summed E-state index contributed by atoms with van der Waals surface area (Å²) in [5.41, 5.74) is 1.69. The largest absolute Gasteiger partial charge is 0.319 e. The quantitative estimate of drug-likeness (QED) is 0.593. The second-order valence-electron chi connectivity index (χ2n) is 6.03. The number of fused-ring (bicyclic) bond motifs is 1. The number of carbonyl (C=O) groups excluding carboxylic acids is 1. The van der Waals surface area contributed by atoms with E-state index in [9.17, 15) is 9.18 Å². The first kappa shape index (κ1) is 16.0. The number of halogens is 1. The van der Waals surface area contributed by atoms with Gasteiger partial charge >= 0.3 is 0 Å². The van der Waals surface area contributed by atoms with Crippen LogP contribution in [0.1, 0.15) is 15.9 Å². The Bertz CT molecular complexity index is 1090. The number of rotatable bonds is 4. The molecule has 5 heteroatoms. The SMILES string of the molecule is O=C(Nc1cnn(Cc2ccccc2F)c1)c1ccc2ccccc2c1. The predicted octanol–water partition coefficient (Wildman–Crippen LogP) is 4.48. The minimum atomic E-state index is -0.273. The van der Waals surface area contributed by atoms with Crippen LogP contribution in [0.25, 0.3) is 10.8 Å². The van der Waals surface area contributed by atoms with Gasteiger partial charge in [0.2, 0.25) is 0 Å². The zero-order valence-corrected chi connectivity index (χ0v) is 13.9. The zero-order chi connectivity index (χ0) is 17.9. The summed E-state index contributed by atoms with van der Waals surface area (Å²) in [6.45, 7) is 0.304. The Labute approximate surface area is 149 Å². The molecule has 0 aliphatic heterocycles. The molecule has 1 amide bonds. The van der Waals surface area contributed by atoms with Crippen molar-refractivity contribution in [2.24, 2.45) is 0 Å². The molecule has 0 atom stereocenters. The minimum absolute atomic E-state index is 0.207. The van der Waals surface area contributed by atoms with Crippen LogP contribution in [0.2, 0.25) is 0 Å². The standard InChI is InChI=1S/C21H16FN3O/c22-20-8-4-3-7-18(20)13-25-14-19(12-23-25)24-21(26)17-10-9-15-5-1-2-6-16(15)11-17/h1-12,14H,13H2,(H,24,26). The van der Waals surface area contributed by atoms with E-state index in [1.165, 1.54) is 6.07 Å². The molecule has 0 aliphatic rings. The van der Waals surface area contributed by atoms with E-state index in [-0.39, 0.29) is 11.7 Å². The van der Waals surface area contributed by atoms with Gasteiger partial charge in [-0.1, -0.05) is 48.5 Å². The van der Waals surface area contributed by atoms with Gasteiger partial charge in [0, 0.05) is 17.3 Å². The highest BCUT2D eigenvalue weighted by molar-refractivity contribution is 6.06. The molecule has 128 valence electrons. The average Bonchev–Trinajstić information content (AvgIpc) is 3.10. The number of aromatic nitrogens is 2. The second kappa shape index (κ2) is 6.80. The van der Waals surface area contributed by atoms with Crippen molar-refractivity contribution in [3.8, 4) is 0 Å². The predicted molar refractivity (Wildman–Crippen MR) is 99.6 cm³/mol. The van der Waals surface area contributed by atoms with E-state index in [1.54, 1.807) is 41.3 Å². The number of benzene rings is 3. The van der Waals surface area contributed by atoms with Gasteiger partial charge < -0.3 is 5.32 Å². The monoisotopic (exact) mass is 345 g/mol. The first-order chi connectivity index (χ1) is 12.7. The number of carbonyl (C=O) groups is 1. The molecular formula is C21H16FN3O. The highest BCUT2D eigenvalue weighted by atomic mass is 19.1. The molecule has 0 bridgehead atoms. The van der Waals surface area contributed by atoms with Crippen LogP contribution in [-0.2, 0) is 6.54 Å². The Morgan fingerprint density at radius 3 is 2.62 bits per heavy atom. The lowest BCUT2D eigenvalue weighted by atomic mass is 10.1. The molecule has 0 aliphatic carbocycles. The Morgan fingerprint density at radius 1 is 1.00 bits per heavy atom. The molecule has 0 radical (unpaired) electrons. The maximum Gasteiger partial charge on any atom is 0.255 e. The van der Waals surface area contributed by atoms with Crippen molar-refractivity contribution in [1.82, 2.24) is 9.78 Å². The Balaban J connectivity index is 1.49. The maximum absolute atomic E-state index is 13.7. The summed E-state index contributed by atoms with van der Waals surface area (Å²) in [4.78, 5) is 12.5. The van der Waals surface area contributed by atoms with Gasteiger partial charge in [0.25, 0.3) is 5.91 Å². The molecule has 1 heterocycles. The lowest BCUT2D eigenvalue weighted by Gasteiger charge is -2.05. The van der Waals surface area contributed by atoms with Crippen molar-refractivity contribution in [2.75, 3.05) is 5.32 Å². The average molecular weight is 345 g/mol. The van der Waals surface area contributed by atoms with Crippen molar-refractivity contribution in [3.63, 3.8) is 0 Å². The summed E-state index contributed by atoms with van der Waals surface area (Å²) in [6, 6.07) is 20.0. The third-order valence-corrected chi connectivity index (χ3v) is 4.19. The normalized spacial score (nSPS) is 10.8. The highest BCUT2D eigenvalue weighted by Gasteiger charge is 2.09. The van der Waals surface area contributed by atoms with Crippen molar-refractivity contribution in [1.29, 1.82) is 0 Å². The van der Waals surface area contributed by atoms with Gasteiger partial charge in [0.1, 0.15) is 5.82 Å². The number of hydrogen-bond donors (Lipinski definition) is 1. The van der Waals surface area contributed by atoms with E-state index >= 15 is 0 Å². The van der Waals surface area contributed by atoms with Crippen LogP contribution in [0.4, 0.5) is 10.1 Å². The van der Waals surface area contributed by atoms with Crippen molar-refractivity contribution < 1.29 is 9.18 Å². The van der Waals surface area contributed by atoms with Gasteiger partial charge in [-0.15, -0.1) is 0 Å². The van der Waals surface area contributed by atoms with Gasteiger partial charge in [-0.3, -0.25) is 9.48 Å². The summed E-state index contributed by atoms with van der Waals surface area (Å²) in [6.07, 6.45) is 3.24. The number of anilines is 1. The maximum atomic E-state index is 13.7. The summed E-state index contributed by atoms with van der Waals surface area (Å²) < 4.78 is 15.3. The van der Waals surface area contributed by atoms with Crippen LogP contribution in [0.3, 0.4) is 0 Å². The summed E-state index contributed by atoms with van der Waals surface area (Å²) in [5.74, 6) is -0.481. The van der Waals surface area contributed by atoms with Crippen molar-refractivity contribution in [2.45, 2.75) is 6.54 Å². The van der Waals surface area contributed by atoms with E-state index in [0.29, 0.717) is 23.4 Å². The Hall–Kier alpha value is -3.47. The van der Waals surface area contributed by atoms with E-state index in [1.807, 2.05) is 36.4 Å².